The lowest BCUT2D eigenvalue weighted by atomic mass is 10.1. The molecular formula is C20H21FN2O5. The molecule has 28 heavy (non-hydrogen) atoms. The molecule has 2 N–H and O–H groups in total. The predicted octanol–water partition coefficient (Wildman–Crippen LogP) is 3.02. The summed E-state index contributed by atoms with van der Waals surface area (Å²) in [6.07, 6.45) is 0. The Morgan fingerprint density at radius 1 is 1.00 bits per heavy atom. The van der Waals surface area contributed by atoms with Gasteiger partial charge in [0.2, 0.25) is 0 Å². The highest BCUT2D eigenvalue weighted by atomic mass is 19.1. The van der Waals surface area contributed by atoms with Crippen molar-refractivity contribution in [3.8, 4) is 5.75 Å². The summed E-state index contributed by atoms with van der Waals surface area (Å²) in [7, 11) is 0. The van der Waals surface area contributed by atoms with Crippen molar-refractivity contribution in [3.63, 3.8) is 0 Å². The number of nitrogens with one attached hydrogen (secondary N) is 2. The van der Waals surface area contributed by atoms with E-state index in [1.807, 2.05) is 38.2 Å². The third kappa shape index (κ3) is 6.08. The van der Waals surface area contributed by atoms with E-state index in [0.717, 1.165) is 22.8 Å². The number of hydrogen-bond acceptors (Lipinski definition) is 5. The van der Waals surface area contributed by atoms with E-state index in [1.54, 1.807) is 0 Å². The maximum Gasteiger partial charge on any atom is 0.344 e. The zero-order chi connectivity index (χ0) is 20.7. The molecule has 0 aliphatic heterocycles. The van der Waals surface area contributed by atoms with Crippen LogP contribution in [0.25, 0.3) is 0 Å². The molecular weight excluding hydrogens is 367 g/mol. The van der Waals surface area contributed by atoms with Gasteiger partial charge in [-0.15, -0.1) is 0 Å². The molecule has 0 fully saturated rings. The van der Waals surface area contributed by atoms with Gasteiger partial charge in [0.25, 0.3) is 5.91 Å². The topological polar surface area (TPSA) is 93.7 Å². The third-order valence-electron chi connectivity index (χ3n) is 3.68. The normalized spacial score (nSPS) is 10.1. The van der Waals surface area contributed by atoms with Gasteiger partial charge in [0.15, 0.2) is 13.2 Å². The van der Waals surface area contributed by atoms with Crippen LogP contribution in [0.2, 0.25) is 0 Å². The molecule has 0 bridgehead atoms. The van der Waals surface area contributed by atoms with Gasteiger partial charge in [-0.3, -0.25) is 10.1 Å². The van der Waals surface area contributed by atoms with E-state index >= 15 is 0 Å². The molecule has 0 unspecified atom stereocenters. The molecule has 0 aliphatic carbocycles. The molecule has 2 aromatic carbocycles. The van der Waals surface area contributed by atoms with Gasteiger partial charge in [-0.25, -0.2) is 14.0 Å². The van der Waals surface area contributed by atoms with Crippen molar-refractivity contribution in [1.82, 2.24) is 5.32 Å². The molecule has 7 nitrogen and oxygen atoms in total. The zero-order valence-electron chi connectivity index (χ0n) is 15.8. The molecule has 8 heteroatoms. The fraction of sp³-hybridized carbons (Fsp3) is 0.250. The number of aryl methyl sites for hydroxylation is 3. The smallest absolute Gasteiger partial charge is 0.344 e. The number of para-hydroxylation sites is 1. The molecule has 0 heterocycles. The highest BCUT2D eigenvalue weighted by molar-refractivity contribution is 6.01. The minimum absolute atomic E-state index is 0.0815. The van der Waals surface area contributed by atoms with Crippen molar-refractivity contribution in [3.05, 3.63) is 58.9 Å². The van der Waals surface area contributed by atoms with E-state index < -0.39 is 30.3 Å². The number of benzene rings is 2. The number of rotatable bonds is 6. The van der Waals surface area contributed by atoms with Crippen molar-refractivity contribution in [1.29, 1.82) is 0 Å². The van der Waals surface area contributed by atoms with Gasteiger partial charge in [-0.2, -0.15) is 0 Å². The Kier molecular flexibility index (Phi) is 7.08. The number of ether oxygens (including phenoxy) is 2. The first kappa shape index (κ1) is 20.9. The van der Waals surface area contributed by atoms with Gasteiger partial charge in [0.05, 0.1) is 5.69 Å². The van der Waals surface area contributed by atoms with Crippen LogP contribution in [0.3, 0.4) is 0 Å². The number of anilines is 1. The minimum atomic E-state index is -0.937. The van der Waals surface area contributed by atoms with Crippen molar-refractivity contribution < 1.29 is 28.2 Å². The molecule has 3 amide bonds. The summed E-state index contributed by atoms with van der Waals surface area (Å²) in [6, 6.07) is 8.41. The SMILES string of the molecule is Cc1cc(C)c(OCC(=O)OCC(=O)NC(=O)Nc2ccccc2F)c(C)c1. The van der Waals surface area contributed by atoms with Gasteiger partial charge in [-0.1, -0.05) is 29.8 Å². The summed E-state index contributed by atoms with van der Waals surface area (Å²) in [6.45, 7) is 4.64. The van der Waals surface area contributed by atoms with Crippen LogP contribution in [-0.4, -0.2) is 31.1 Å². The highest BCUT2D eigenvalue weighted by Crippen LogP contribution is 2.24. The van der Waals surface area contributed by atoms with Gasteiger partial charge >= 0.3 is 12.0 Å². The Balaban J connectivity index is 1.76. The second-order valence-electron chi connectivity index (χ2n) is 6.16. The summed E-state index contributed by atoms with van der Waals surface area (Å²) < 4.78 is 23.7. The summed E-state index contributed by atoms with van der Waals surface area (Å²) in [5.41, 5.74) is 2.76. The van der Waals surface area contributed by atoms with E-state index in [1.165, 1.54) is 18.2 Å². The molecule has 0 saturated heterocycles. The molecule has 2 rings (SSSR count). The number of amides is 3. The van der Waals surface area contributed by atoms with Crippen molar-refractivity contribution >= 4 is 23.6 Å². The van der Waals surface area contributed by atoms with Crippen LogP contribution < -0.4 is 15.4 Å². The van der Waals surface area contributed by atoms with E-state index in [-0.39, 0.29) is 12.3 Å². The first-order valence-corrected chi connectivity index (χ1v) is 8.48. The van der Waals surface area contributed by atoms with E-state index in [4.69, 9.17) is 9.47 Å². The number of hydrogen-bond donors (Lipinski definition) is 2. The second kappa shape index (κ2) is 9.50. The van der Waals surface area contributed by atoms with Crippen LogP contribution in [0.15, 0.2) is 36.4 Å². The van der Waals surface area contributed by atoms with Crippen LogP contribution in [-0.2, 0) is 14.3 Å². The molecule has 0 atom stereocenters. The Bertz CT molecular complexity index is 875. The quantitative estimate of drug-likeness (QED) is 0.742. The molecule has 0 spiro atoms. The summed E-state index contributed by atoms with van der Waals surface area (Å²) in [5, 5.41) is 4.12. The number of urea groups is 1. The van der Waals surface area contributed by atoms with E-state index in [2.05, 4.69) is 5.32 Å². The van der Waals surface area contributed by atoms with Crippen molar-refractivity contribution in [2.45, 2.75) is 20.8 Å². The zero-order valence-corrected chi connectivity index (χ0v) is 15.8. The highest BCUT2D eigenvalue weighted by Gasteiger charge is 2.14. The summed E-state index contributed by atoms with van der Waals surface area (Å²) in [5.74, 6) is -1.68. The lowest BCUT2D eigenvalue weighted by Crippen LogP contribution is -2.37. The maximum atomic E-state index is 13.4. The van der Waals surface area contributed by atoms with E-state index in [9.17, 15) is 18.8 Å². The van der Waals surface area contributed by atoms with Gasteiger partial charge in [0.1, 0.15) is 11.6 Å². The van der Waals surface area contributed by atoms with Crippen LogP contribution >= 0.6 is 0 Å². The number of imide groups is 1. The predicted molar refractivity (Wildman–Crippen MR) is 101 cm³/mol. The van der Waals surface area contributed by atoms with Crippen LogP contribution in [0.1, 0.15) is 16.7 Å². The molecule has 0 aliphatic rings. The molecule has 0 radical (unpaired) electrons. The first-order valence-electron chi connectivity index (χ1n) is 8.48. The van der Waals surface area contributed by atoms with Crippen LogP contribution in [0, 0.1) is 26.6 Å². The van der Waals surface area contributed by atoms with Crippen LogP contribution in [0.5, 0.6) is 5.75 Å². The number of esters is 1. The lowest BCUT2D eigenvalue weighted by molar-refractivity contribution is -0.150. The Morgan fingerprint density at radius 3 is 2.29 bits per heavy atom. The van der Waals surface area contributed by atoms with Gasteiger partial charge in [0, 0.05) is 0 Å². The lowest BCUT2D eigenvalue weighted by Gasteiger charge is -2.12. The number of carbonyl (C=O) groups excluding carboxylic acids is 3. The number of carbonyl (C=O) groups is 3. The van der Waals surface area contributed by atoms with Crippen molar-refractivity contribution in [2.24, 2.45) is 0 Å². The van der Waals surface area contributed by atoms with E-state index in [0.29, 0.717) is 5.75 Å². The molecule has 2 aromatic rings. The van der Waals surface area contributed by atoms with Crippen molar-refractivity contribution in [2.75, 3.05) is 18.5 Å². The largest absolute Gasteiger partial charge is 0.481 e. The standard InChI is InChI=1S/C20H21FN2O5/c1-12-8-13(2)19(14(3)9-12)28-11-18(25)27-10-17(24)23-20(26)22-16-7-5-4-6-15(16)21/h4-9H,10-11H2,1-3H3,(H2,22,23,24,26). The van der Waals surface area contributed by atoms with Gasteiger partial charge < -0.3 is 14.8 Å². The molecule has 148 valence electrons. The monoisotopic (exact) mass is 388 g/mol. The Hall–Kier alpha value is -3.42. The third-order valence-corrected chi connectivity index (χ3v) is 3.68. The average Bonchev–Trinajstić information content (AvgIpc) is 2.61. The molecule has 0 aromatic heterocycles. The summed E-state index contributed by atoms with van der Waals surface area (Å²) in [4.78, 5) is 35.1. The summed E-state index contributed by atoms with van der Waals surface area (Å²) >= 11 is 0. The van der Waals surface area contributed by atoms with Gasteiger partial charge in [-0.05, 0) is 44.0 Å². The molecule has 0 saturated carbocycles. The minimum Gasteiger partial charge on any atom is -0.481 e. The fourth-order valence-electron chi connectivity index (χ4n) is 2.59. The Labute approximate surface area is 161 Å². The Morgan fingerprint density at radius 2 is 1.64 bits per heavy atom. The second-order valence-corrected chi connectivity index (χ2v) is 6.16. The number of halogens is 1. The average molecular weight is 388 g/mol. The van der Waals surface area contributed by atoms with Crippen LogP contribution in [0.4, 0.5) is 14.9 Å². The maximum absolute atomic E-state index is 13.4. The first-order chi connectivity index (χ1) is 13.3. The fourth-order valence-corrected chi connectivity index (χ4v) is 2.59.